The molecule has 1 fully saturated rings. The van der Waals surface area contributed by atoms with Gasteiger partial charge in [0.15, 0.2) is 0 Å². The van der Waals surface area contributed by atoms with Crippen molar-refractivity contribution in [3.63, 3.8) is 0 Å². The van der Waals surface area contributed by atoms with Crippen LogP contribution in [0, 0.1) is 0 Å². The summed E-state index contributed by atoms with van der Waals surface area (Å²) in [5, 5.41) is 13.4. The zero-order valence-electron chi connectivity index (χ0n) is 15.1. The minimum atomic E-state index is -0.608. The molecule has 2 aromatic rings. The maximum Gasteiger partial charge on any atom is 0.255 e. The number of nitrogen functional groups attached to an aromatic ring is 1. The van der Waals surface area contributed by atoms with E-state index in [9.17, 15) is 14.4 Å². The van der Waals surface area contributed by atoms with Gasteiger partial charge in [-0.15, -0.1) is 5.10 Å². The summed E-state index contributed by atoms with van der Waals surface area (Å²) in [6.45, 7) is 1.42. The fraction of sp³-hybridized carbons (Fsp3) is 0.316. The second kappa shape index (κ2) is 7.35. The molecule has 2 aliphatic rings. The highest BCUT2D eigenvalue weighted by Gasteiger charge is 2.39. The number of nitrogens with zero attached hydrogens (tertiary/aromatic N) is 3. The predicted molar refractivity (Wildman–Crippen MR) is 99.5 cm³/mol. The number of carbonyl (C=O) groups excluding carboxylic acids is 3. The normalized spacial score (nSPS) is 18.9. The molecular weight excluding hydrogens is 360 g/mol. The van der Waals surface area contributed by atoms with Crippen LogP contribution in [-0.2, 0) is 29.2 Å². The molecule has 9 heteroatoms. The zero-order chi connectivity index (χ0) is 19.7. The first-order chi connectivity index (χ1) is 13.5. The Kier molecular flexibility index (Phi) is 4.74. The van der Waals surface area contributed by atoms with E-state index in [2.05, 4.69) is 20.8 Å². The summed E-state index contributed by atoms with van der Waals surface area (Å²) >= 11 is 0. The van der Waals surface area contributed by atoms with Crippen molar-refractivity contribution in [2.24, 2.45) is 0 Å². The van der Waals surface area contributed by atoms with Crippen LogP contribution in [0.25, 0.3) is 0 Å². The summed E-state index contributed by atoms with van der Waals surface area (Å²) in [7, 11) is 0. The summed E-state index contributed by atoms with van der Waals surface area (Å²) in [5.41, 5.74) is 8.81. The van der Waals surface area contributed by atoms with Gasteiger partial charge in [0.2, 0.25) is 11.8 Å². The summed E-state index contributed by atoms with van der Waals surface area (Å²) in [6.07, 6.45) is 0.599. The van der Waals surface area contributed by atoms with E-state index >= 15 is 0 Å². The molecule has 1 atom stereocenters. The molecule has 0 aliphatic carbocycles. The molecule has 3 heterocycles. The first-order valence-corrected chi connectivity index (χ1v) is 9.07. The van der Waals surface area contributed by atoms with Crippen LogP contribution in [0.3, 0.4) is 0 Å². The van der Waals surface area contributed by atoms with Crippen molar-refractivity contribution < 1.29 is 14.4 Å². The van der Waals surface area contributed by atoms with E-state index in [0.29, 0.717) is 37.4 Å². The summed E-state index contributed by atoms with van der Waals surface area (Å²) < 4.78 is 0. The van der Waals surface area contributed by atoms with Crippen LogP contribution in [0.15, 0.2) is 30.3 Å². The molecule has 2 aliphatic heterocycles. The van der Waals surface area contributed by atoms with E-state index in [-0.39, 0.29) is 18.2 Å². The molecule has 1 aromatic heterocycles. The van der Waals surface area contributed by atoms with Gasteiger partial charge in [-0.25, -0.2) is 0 Å². The highest BCUT2D eigenvalue weighted by atomic mass is 16.2. The molecule has 9 nitrogen and oxygen atoms in total. The Morgan fingerprint density at radius 1 is 1.14 bits per heavy atom. The van der Waals surface area contributed by atoms with Gasteiger partial charge in [-0.2, -0.15) is 5.10 Å². The monoisotopic (exact) mass is 380 g/mol. The number of nitrogens with one attached hydrogen (secondary N) is 2. The highest BCUT2D eigenvalue weighted by Crippen LogP contribution is 2.29. The largest absolute Gasteiger partial charge is 0.382 e. The molecule has 0 spiro atoms. The van der Waals surface area contributed by atoms with Crippen LogP contribution < -0.4 is 16.4 Å². The lowest BCUT2D eigenvalue weighted by Gasteiger charge is -2.29. The van der Waals surface area contributed by atoms with E-state index in [1.807, 2.05) is 12.1 Å². The number of benzene rings is 1. The number of piperidine rings is 1. The molecule has 3 amide bonds. The fourth-order valence-electron chi connectivity index (χ4n) is 3.61. The van der Waals surface area contributed by atoms with Gasteiger partial charge in [0.1, 0.15) is 11.9 Å². The number of fused-ring (bicyclic) bond motifs is 1. The first-order valence-electron chi connectivity index (χ1n) is 9.07. The third kappa shape index (κ3) is 3.44. The molecule has 0 radical (unpaired) electrons. The third-order valence-electron chi connectivity index (χ3n) is 5.04. The molecule has 0 bridgehead atoms. The standard InChI is InChI=1S/C19H20N6O3/c20-16-6-4-12(23-24-16)9-21-8-11-2-1-3-13-14(11)10-25(19(13)28)15-5-7-17(26)22-18(15)27/h1-4,6,15,21H,5,7-10H2,(H2,20,24)(H,22,26,27). The lowest BCUT2D eigenvalue weighted by molar-refractivity contribution is -0.136. The Balaban J connectivity index is 1.46. The molecule has 1 unspecified atom stereocenters. The van der Waals surface area contributed by atoms with E-state index in [0.717, 1.165) is 16.8 Å². The minimum absolute atomic E-state index is 0.171. The Hall–Kier alpha value is -3.33. The molecule has 1 saturated heterocycles. The number of amides is 3. The SMILES string of the molecule is Nc1ccc(CNCc2cccc3c2CN(C2CCC(=O)NC2=O)C3=O)nn1. The molecule has 4 N–H and O–H groups in total. The molecular formula is C19H20N6O3. The number of hydrogen-bond donors (Lipinski definition) is 3. The number of rotatable bonds is 5. The number of imide groups is 1. The first kappa shape index (κ1) is 18.1. The van der Waals surface area contributed by atoms with E-state index < -0.39 is 11.9 Å². The number of nitrogens with two attached hydrogens (primary N) is 1. The Morgan fingerprint density at radius 2 is 2.00 bits per heavy atom. The van der Waals surface area contributed by atoms with Crippen LogP contribution in [0.1, 0.15) is 40.0 Å². The number of aromatic nitrogens is 2. The second-order valence-corrected chi connectivity index (χ2v) is 6.90. The van der Waals surface area contributed by atoms with Crippen LogP contribution in [0.5, 0.6) is 0 Å². The van der Waals surface area contributed by atoms with Gasteiger partial charge in [-0.05, 0) is 35.7 Å². The van der Waals surface area contributed by atoms with E-state index in [1.54, 1.807) is 23.1 Å². The summed E-state index contributed by atoms with van der Waals surface area (Å²) in [6, 6.07) is 8.47. The van der Waals surface area contributed by atoms with Gasteiger partial charge in [-0.3, -0.25) is 19.7 Å². The smallest absolute Gasteiger partial charge is 0.255 e. The second-order valence-electron chi connectivity index (χ2n) is 6.90. The van der Waals surface area contributed by atoms with Gasteiger partial charge in [-0.1, -0.05) is 12.1 Å². The van der Waals surface area contributed by atoms with Crippen molar-refractivity contribution in [2.75, 3.05) is 5.73 Å². The molecule has 28 heavy (non-hydrogen) atoms. The van der Waals surface area contributed by atoms with Crippen LogP contribution >= 0.6 is 0 Å². The number of anilines is 1. The van der Waals surface area contributed by atoms with Gasteiger partial charge < -0.3 is 16.0 Å². The molecule has 0 saturated carbocycles. The summed E-state index contributed by atoms with van der Waals surface area (Å²) in [5.74, 6) is -0.493. The predicted octanol–water partition coefficient (Wildman–Crippen LogP) is 0.110. The Morgan fingerprint density at radius 3 is 2.75 bits per heavy atom. The summed E-state index contributed by atoms with van der Waals surface area (Å²) in [4.78, 5) is 37.9. The average Bonchev–Trinajstić information content (AvgIpc) is 3.01. The van der Waals surface area contributed by atoms with Crippen molar-refractivity contribution in [2.45, 2.75) is 38.5 Å². The van der Waals surface area contributed by atoms with Gasteiger partial charge in [0.25, 0.3) is 5.91 Å². The minimum Gasteiger partial charge on any atom is -0.382 e. The Bertz CT molecular complexity index is 943. The lowest BCUT2D eigenvalue weighted by atomic mass is 10.0. The number of carbonyl (C=O) groups is 3. The van der Waals surface area contributed by atoms with Crippen molar-refractivity contribution in [3.05, 3.63) is 52.7 Å². The topological polar surface area (TPSA) is 130 Å². The van der Waals surface area contributed by atoms with Crippen LogP contribution in [0.4, 0.5) is 5.82 Å². The number of hydrogen-bond acceptors (Lipinski definition) is 7. The fourth-order valence-corrected chi connectivity index (χ4v) is 3.61. The molecule has 1 aromatic carbocycles. The highest BCUT2D eigenvalue weighted by molar-refractivity contribution is 6.05. The van der Waals surface area contributed by atoms with Crippen LogP contribution in [-0.4, -0.2) is 38.9 Å². The van der Waals surface area contributed by atoms with Gasteiger partial charge in [0.05, 0.1) is 5.69 Å². The molecule has 144 valence electrons. The van der Waals surface area contributed by atoms with E-state index in [1.165, 1.54) is 0 Å². The maximum absolute atomic E-state index is 12.8. The van der Waals surface area contributed by atoms with Crippen molar-refractivity contribution in [1.82, 2.24) is 25.7 Å². The zero-order valence-corrected chi connectivity index (χ0v) is 15.1. The Labute approximate surface area is 161 Å². The van der Waals surface area contributed by atoms with Gasteiger partial charge in [0, 0.05) is 31.6 Å². The third-order valence-corrected chi connectivity index (χ3v) is 5.04. The lowest BCUT2D eigenvalue weighted by Crippen LogP contribution is -2.52. The van der Waals surface area contributed by atoms with Gasteiger partial charge >= 0.3 is 0 Å². The average molecular weight is 380 g/mol. The van der Waals surface area contributed by atoms with Crippen molar-refractivity contribution >= 4 is 23.5 Å². The van der Waals surface area contributed by atoms with Crippen molar-refractivity contribution in [3.8, 4) is 0 Å². The van der Waals surface area contributed by atoms with E-state index in [4.69, 9.17) is 5.73 Å². The molecule has 4 rings (SSSR count). The van der Waals surface area contributed by atoms with Crippen LogP contribution in [0.2, 0.25) is 0 Å². The maximum atomic E-state index is 12.8. The quantitative estimate of drug-likeness (QED) is 0.628. The van der Waals surface area contributed by atoms with Crippen molar-refractivity contribution in [1.29, 1.82) is 0 Å².